The minimum atomic E-state index is -0.476. The van der Waals surface area contributed by atoms with E-state index in [0.717, 1.165) is 25.4 Å². The Morgan fingerprint density at radius 1 is 1.21 bits per heavy atom. The molecule has 0 amide bonds. The van der Waals surface area contributed by atoms with E-state index < -0.39 is 6.10 Å². The van der Waals surface area contributed by atoms with Gasteiger partial charge < -0.3 is 24.0 Å². The maximum Gasteiger partial charge on any atom is 0.126 e. The first-order chi connectivity index (χ1) is 13.5. The second-order valence-corrected chi connectivity index (χ2v) is 7.69. The highest BCUT2D eigenvalue weighted by Crippen LogP contribution is 2.14. The van der Waals surface area contributed by atoms with Gasteiger partial charge in [-0.1, -0.05) is 32.1 Å². The zero-order chi connectivity index (χ0) is 20.4. The van der Waals surface area contributed by atoms with Crippen LogP contribution in [-0.4, -0.2) is 49.2 Å². The average Bonchev–Trinajstić information content (AvgIpc) is 3.08. The molecule has 2 N–H and O–H groups in total. The molecule has 0 aliphatic carbocycles. The fourth-order valence-corrected chi connectivity index (χ4v) is 3.47. The molecule has 154 valence electrons. The molecule has 1 unspecified atom stereocenters. The second-order valence-electron chi connectivity index (χ2n) is 7.69. The molecule has 1 aromatic heterocycles. The third-order valence-corrected chi connectivity index (χ3v) is 4.61. The SMILES string of the molecule is C=CCOC[C@H](O)C[NH+](Cc1cccn1Cc1cccc(OC)c1)CC(C)C. The highest BCUT2D eigenvalue weighted by atomic mass is 16.5. The van der Waals surface area contributed by atoms with Crippen molar-refractivity contribution in [2.75, 3.05) is 33.4 Å². The van der Waals surface area contributed by atoms with Crippen LogP contribution >= 0.6 is 0 Å². The molecule has 2 aromatic rings. The first-order valence-electron chi connectivity index (χ1n) is 9.99. The highest BCUT2D eigenvalue weighted by molar-refractivity contribution is 5.29. The molecule has 0 saturated carbocycles. The van der Waals surface area contributed by atoms with Crippen molar-refractivity contribution in [1.29, 1.82) is 0 Å². The summed E-state index contributed by atoms with van der Waals surface area (Å²) in [5.74, 6) is 1.43. The summed E-state index contributed by atoms with van der Waals surface area (Å²) in [4.78, 5) is 1.36. The van der Waals surface area contributed by atoms with Crippen LogP contribution in [-0.2, 0) is 17.8 Å². The van der Waals surface area contributed by atoms with Crippen molar-refractivity contribution >= 4 is 0 Å². The molecule has 0 fully saturated rings. The first kappa shape index (κ1) is 22.2. The van der Waals surface area contributed by atoms with Gasteiger partial charge in [0.15, 0.2) is 0 Å². The van der Waals surface area contributed by atoms with Gasteiger partial charge in [0.2, 0.25) is 0 Å². The lowest BCUT2D eigenvalue weighted by Crippen LogP contribution is -3.12. The molecule has 0 aliphatic heterocycles. The molecule has 2 atom stereocenters. The van der Waals surface area contributed by atoms with Crippen molar-refractivity contribution in [3.8, 4) is 5.75 Å². The van der Waals surface area contributed by atoms with Crippen molar-refractivity contribution in [2.24, 2.45) is 5.92 Å². The fraction of sp³-hybridized carbons (Fsp3) is 0.478. The maximum atomic E-state index is 10.3. The monoisotopic (exact) mass is 387 g/mol. The molecule has 5 heteroatoms. The fourth-order valence-electron chi connectivity index (χ4n) is 3.47. The molecular weight excluding hydrogens is 352 g/mol. The van der Waals surface area contributed by atoms with Gasteiger partial charge in [0.25, 0.3) is 0 Å². The predicted molar refractivity (Wildman–Crippen MR) is 113 cm³/mol. The van der Waals surface area contributed by atoms with Gasteiger partial charge in [-0.15, -0.1) is 6.58 Å². The topological polar surface area (TPSA) is 48.1 Å². The number of quaternary nitrogens is 1. The number of methoxy groups -OCH3 is 1. The third-order valence-electron chi connectivity index (χ3n) is 4.61. The van der Waals surface area contributed by atoms with Crippen molar-refractivity contribution in [1.82, 2.24) is 4.57 Å². The van der Waals surface area contributed by atoms with Crippen LogP contribution in [0.1, 0.15) is 25.1 Å². The Labute approximate surface area is 169 Å². The van der Waals surface area contributed by atoms with Gasteiger partial charge in [-0.2, -0.15) is 0 Å². The number of aliphatic hydroxyl groups excluding tert-OH is 1. The normalized spacial score (nSPS) is 13.5. The summed E-state index contributed by atoms with van der Waals surface area (Å²) in [6.07, 6.45) is 3.35. The summed E-state index contributed by atoms with van der Waals surface area (Å²) < 4.78 is 13.0. The number of hydrogen-bond donors (Lipinski definition) is 2. The molecule has 28 heavy (non-hydrogen) atoms. The molecule has 0 spiro atoms. The van der Waals surface area contributed by atoms with Crippen LogP contribution in [0.25, 0.3) is 0 Å². The minimum absolute atomic E-state index is 0.346. The lowest BCUT2D eigenvalue weighted by Gasteiger charge is -2.24. The number of aromatic nitrogens is 1. The number of benzene rings is 1. The minimum Gasteiger partial charge on any atom is -0.497 e. The first-order valence-corrected chi connectivity index (χ1v) is 9.99. The van der Waals surface area contributed by atoms with Crippen LogP contribution in [0.15, 0.2) is 55.3 Å². The summed E-state index contributed by atoms with van der Waals surface area (Å²) >= 11 is 0. The standard InChI is InChI=1S/C23H34N2O3/c1-5-12-28-18-22(26)17-24(14-19(2)3)16-21-9-7-11-25(21)15-20-8-6-10-23(13-20)27-4/h5-11,13,19,22,26H,1,12,14-18H2,2-4H3/p+1/t22-/m1/s1. The second kappa shape index (κ2) is 11.7. The summed E-state index contributed by atoms with van der Waals surface area (Å²) in [5.41, 5.74) is 2.47. The van der Waals surface area contributed by atoms with Gasteiger partial charge >= 0.3 is 0 Å². The molecule has 0 saturated heterocycles. The van der Waals surface area contributed by atoms with Gasteiger partial charge in [-0.25, -0.2) is 0 Å². The largest absolute Gasteiger partial charge is 0.497 e. The van der Waals surface area contributed by atoms with E-state index in [2.05, 4.69) is 55.5 Å². The molecule has 0 bridgehead atoms. The van der Waals surface area contributed by atoms with Crippen molar-refractivity contribution < 1.29 is 19.5 Å². The van der Waals surface area contributed by atoms with Crippen molar-refractivity contribution in [2.45, 2.75) is 33.0 Å². The average molecular weight is 388 g/mol. The van der Waals surface area contributed by atoms with E-state index in [9.17, 15) is 5.11 Å². The lowest BCUT2D eigenvalue weighted by molar-refractivity contribution is -0.920. The van der Waals surface area contributed by atoms with Gasteiger partial charge in [0.05, 0.1) is 32.6 Å². The quantitative estimate of drug-likeness (QED) is 0.409. The summed E-state index contributed by atoms with van der Waals surface area (Å²) in [6.45, 7) is 12.2. The van der Waals surface area contributed by atoms with E-state index in [1.54, 1.807) is 13.2 Å². The van der Waals surface area contributed by atoms with Crippen molar-refractivity contribution in [3.05, 3.63) is 66.5 Å². The third kappa shape index (κ3) is 7.50. The smallest absolute Gasteiger partial charge is 0.126 e. The molecule has 0 aliphatic rings. The Morgan fingerprint density at radius 3 is 2.75 bits per heavy atom. The van der Waals surface area contributed by atoms with Crippen LogP contribution in [0.2, 0.25) is 0 Å². The predicted octanol–water partition coefficient (Wildman–Crippen LogP) is 2.15. The molecule has 1 heterocycles. The van der Waals surface area contributed by atoms with E-state index in [1.807, 2.05) is 12.1 Å². The Hall–Kier alpha value is -2.08. The van der Waals surface area contributed by atoms with E-state index >= 15 is 0 Å². The summed E-state index contributed by atoms with van der Waals surface area (Å²) in [6, 6.07) is 12.4. The highest BCUT2D eigenvalue weighted by Gasteiger charge is 2.19. The Bertz CT molecular complexity index is 711. The van der Waals surface area contributed by atoms with Crippen LogP contribution < -0.4 is 9.64 Å². The van der Waals surface area contributed by atoms with E-state index in [4.69, 9.17) is 9.47 Å². The molecular formula is C23H35N2O3+. The van der Waals surface area contributed by atoms with Crippen LogP contribution in [0.5, 0.6) is 5.75 Å². The van der Waals surface area contributed by atoms with Crippen LogP contribution in [0.3, 0.4) is 0 Å². The summed E-state index contributed by atoms with van der Waals surface area (Å²) in [5, 5.41) is 10.3. The Kier molecular flexibility index (Phi) is 9.28. The van der Waals surface area contributed by atoms with Gasteiger partial charge in [0.1, 0.15) is 24.9 Å². The number of rotatable bonds is 13. The zero-order valence-electron chi connectivity index (χ0n) is 17.4. The molecule has 1 aromatic carbocycles. The Morgan fingerprint density at radius 2 is 2.04 bits per heavy atom. The van der Waals surface area contributed by atoms with E-state index in [1.165, 1.54) is 16.2 Å². The van der Waals surface area contributed by atoms with E-state index in [0.29, 0.717) is 25.7 Å². The molecule has 2 rings (SSSR count). The van der Waals surface area contributed by atoms with E-state index in [-0.39, 0.29) is 0 Å². The lowest BCUT2D eigenvalue weighted by atomic mass is 10.2. The number of ether oxygens (including phenoxy) is 2. The number of nitrogens with one attached hydrogen (secondary N) is 1. The van der Waals surface area contributed by atoms with Gasteiger partial charge in [-0.05, 0) is 29.8 Å². The van der Waals surface area contributed by atoms with Gasteiger partial charge in [0, 0.05) is 18.7 Å². The number of aliphatic hydroxyl groups is 1. The number of nitrogens with zero attached hydrogens (tertiary/aromatic N) is 1. The number of hydrogen-bond acceptors (Lipinski definition) is 3. The Balaban J connectivity index is 2.03. The molecule has 5 nitrogen and oxygen atoms in total. The zero-order valence-corrected chi connectivity index (χ0v) is 17.4. The molecule has 0 radical (unpaired) electrons. The van der Waals surface area contributed by atoms with Crippen LogP contribution in [0, 0.1) is 5.92 Å². The maximum absolute atomic E-state index is 10.3. The van der Waals surface area contributed by atoms with Gasteiger partial charge in [-0.3, -0.25) is 0 Å². The van der Waals surface area contributed by atoms with Crippen molar-refractivity contribution in [3.63, 3.8) is 0 Å². The van der Waals surface area contributed by atoms with Crippen LogP contribution in [0.4, 0.5) is 0 Å². The summed E-state index contributed by atoms with van der Waals surface area (Å²) in [7, 11) is 1.69.